The molecular weight excluding hydrogens is 377 g/mol. The fourth-order valence-electron chi connectivity index (χ4n) is 2.28. The molecule has 0 fully saturated rings. The van der Waals surface area contributed by atoms with E-state index in [1.165, 1.54) is 24.5 Å². The quantitative estimate of drug-likeness (QED) is 0.467. The molecule has 4 rings (SSSR count). The first-order valence-electron chi connectivity index (χ1n) is 7.45. The van der Waals surface area contributed by atoms with Gasteiger partial charge in [0, 0.05) is 18.0 Å². The minimum absolute atomic E-state index is 0.148. The van der Waals surface area contributed by atoms with Gasteiger partial charge in [-0.05, 0) is 42.5 Å². The van der Waals surface area contributed by atoms with Gasteiger partial charge in [-0.15, -0.1) is 11.3 Å². The third-order valence-corrected chi connectivity index (χ3v) is 4.77. The second-order valence-electron chi connectivity index (χ2n) is 5.24. The molecule has 8 heteroatoms. The van der Waals surface area contributed by atoms with E-state index in [0.29, 0.717) is 26.5 Å². The Morgan fingerprint density at radius 2 is 1.85 bits per heavy atom. The van der Waals surface area contributed by atoms with Crippen LogP contribution < -0.4 is 4.74 Å². The average Bonchev–Trinajstić information content (AvgIpc) is 3.07. The average molecular weight is 386 g/mol. The Morgan fingerprint density at radius 3 is 2.62 bits per heavy atom. The number of carbonyl (C=O) groups is 1. The van der Waals surface area contributed by atoms with Gasteiger partial charge in [-0.1, -0.05) is 11.6 Å². The summed E-state index contributed by atoms with van der Waals surface area (Å²) in [5, 5.41) is 0.450. The molecule has 0 N–H and O–H groups in total. The van der Waals surface area contributed by atoms with Gasteiger partial charge in [0.2, 0.25) is 5.78 Å². The van der Waals surface area contributed by atoms with E-state index < -0.39 is 0 Å². The Morgan fingerprint density at radius 1 is 1.08 bits per heavy atom. The van der Waals surface area contributed by atoms with Crippen molar-refractivity contribution >= 4 is 38.9 Å². The lowest BCUT2D eigenvalue weighted by atomic mass is 10.1. The highest BCUT2D eigenvalue weighted by Gasteiger charge is 2.15. The van der Waals surface area contributed by atoms with E-state index in [1.807, 2.05) is 0 Å². The molecule has 4 aromatic rings. The second-order valence-corrected chi connectivity index (χ2v) is 6.63. The summed E-state index contributed by atoms with van der Waals surface area (Å²) in [6.45, 7) is 0. The lowest BCUT2D eigenvalue weighted by molar-refractivity contribution is 0.103. The summed E-state index contributed by atoms with van der Waals surface area (Å²) >= 11 is 7.05. The number of aromatic nitrogens is 3. The third kappa shape index (κ3) is 3.26. The Bertz CT molecular complexity index is 1120. The SMILES string of the molecule is O=C(c1ccc(Oc2nccnc2Cl)cc1)c1nc2ccc(F)cc2s1. The van der Waals surface area contributed by atoms with E-state index in [-0.39, 0.29) is 22.6 Å². The third-order valence-electron chi connectivity index (χ3n) is 3.50. The van der Waals surface area contributed by atoms with E-state index in [9.17, 15) is 9.18 Å². The van der Waals surface area contributed by atoms with Crippen molar-refractivity contribution in [2.45, 2.75) is 0 Å². The van der Waals surface area contributed by atoms with Gasteiger partial charge in [-0.2, -0.15) is 0 Å². The highest BCUT2D eigenvalue weighted by atomic mass is 35.5. The highest BCUT2D eigenvalue weighted by Crippen LogP contribution is 2.27. The first-order chi connectivity index (χ1) is 12.6. The monoisotopic (exact) mass is 385 g/mol. The van der Waals surface area contributed by atoms with Crippen molar-refractivity contribution in [1.29, 1.82) is 0 Å². The van der Waals surface area contributed by atoms with E-state index in [4.69, 9.17) is 16.3 Å². The Kier molecular flexibility index (Phi) is 4.32. The molecule has 0 unspecified atom stereocenters. The van der Waals surface area contributed by atoms with Crippen molar-refractivity contribution in [1.82, 2.24) is 15.0 Å². The molecule has 0 aliphatic carbocycles. The maximum atomic E-state index is 13.3. The van der Waals surface area contributed by atoms with Gasteiger partial charge in [0.05, 0.1) is 10.2 Å². The Labute approximate surface area is 156 Å². The van der Waals surface area contributed by atoms with Crippen LogP contribution in [0.3, 0.4) is 0 Å². The number of rotatable bonds is 4. The first-order valence-corrected chi connectivity index (χ1v) is 8.65. The highest BCUT2D eigenvalue weighted by molar-refractivity contribution is 7.20. The predicted molar refractivity (Wildman–Crippen MR) is 96.6 cm³/mol. The Balaban J connectivity index is 1.57. The van der Waals surface area contributed by atoms with Gasteiger partial charge >= 0.3 is 0 Å². The van der Waals surface area contributed by atoms with Crippen LogP contribution in [0.5, 0.6) is 11.6 Å². The predicted octanol–water partition coefficient (Wildman–Crippen LogP) is 4.90. The lowest BCUT2D eigenvalue weighted by Gasteiger charge is -2.05. The van der Waals surface area contributed by atoms with Gasteiger partial charge in [0.1, 0.15) is 11.6 Å². The van der Waals surface area contributed by atoms with Crippen molar-refractivity contribution in [3.05, 3.63) is 76.4 Å². The van der Waals surface area contributed by atoms with Crippen molar-refractivity contribution < 1.29 is 13.9 Å². The topological polar surface area (TPSA) is 65.0 Å². The molecule has 0 saturated heterocycles. The van der Waals surface area contributed by atoms with Gasteiger partial charge in [0.25, 0.3) is 5.88 Å². The van der Waals surface area contributed by atoms with Crippen LogP contribution in [0.15, 0.2) is 54.9 Å². The molecule has 0 aliphatic rings. The van der Waals surface area contributed by atoms with Gasteiger partial charge < -0.3 is 4.74 Å². The minimum atomic E-state index is -0.357. The Hall–Kier alpha value is -2.90. The molecule has 2 aromatic carbocycles. The van der Waals surface area contributed by atoms with E-state index in [0.717, 1.165) is 11.3 Å². The molecule has 5 nitrogen and oxygen atoms in total. The zero-order chi connectivity index (χ0) is 18.1. The van der Waals surface area contributed by atoms with Crippen LogP contribution in [-0.2, 0) is 0 Å². The molecule has 0 bridgehead atoms. The van der Waals surface area contributed by atoms with Crippen LogP contribution in [0, 0.1) is 5.82 Å². The molecule has 0 atom stereocenters. The molecule has 0 spiro atoms. The number of nitrogens with zero attached hydrogens (tertiary/aromatic N) is 3. The second kappa shape index (κ2) is 6.78. The van der Waals surface area contributed by atoms with Crippen LogP contribution in [0.1, 0.15) is 15.4 Å². The number of carbonyl (C=O) groups excluding carboxylic acids is 1. The molecular formula is C18H9ClFN3O2S. The standard InChI is InChI=1S/C18H9ClFN3O2S/c19-16-17(22-8-7-21-16)25-12-4-1-10(2-5-12)15(24)18-23-13-6-3-11(20)9-14(13)26-18/h1-9H. The lowest BCUT2D eigenvalue weighted by Crippen LogP contribution is -2.00. The number of ether oxygens (including phenoxy) is 1. The summed E-state index contributed by atoms with van der Waals surface area (Å²) in [5.74, 6) is 0.0526. The summed E-state index contributed by atoms with van der Waals surface area (Å²) in [6, 6.07) is 10.7. The molecule has 0 saturated carbocycles. The zero-order valence-electron chi connectivity index (χ0n) is 13.0. The van der Waals surface area contributed by atoms with Crippen molar-refractivity contribution in [3.8, 4) is 11.6 Å². The molecule has 0 aliphatic heterocycles. The number of ketones is 1. The largest absolute Gasteiger partial charge is 0.436 e. The number of hydrogen-bond donors (Lipinski definition) is 0. The molecule has 128 valence electrons. The molecule has 0 amide bonds. The van der Waals surface area contributed by atoms with Gasteiger partial charge in [0.15, 0.2) is 10.2 Å². The fourth-order valence-corrected chi connectivity index (χ4v) is 3.38. The maximum absolute atomic E-state index is 13.3. The summed E-state index contributed by atoms with van der Waals surface area (Å²) < 4.78 is 19.5. The molecule has 0 radical (unpaired) electrons. The minimum Gasteiger partial charge on any atom is -0.436 e. The number of thiazole rings is 1. The van der Waals surface area contributed by atoms with E-state index >= 15 is 0 Å². The molecule has 2 heterocycles. The molecule has 26 heavy (non-hydrogen) atoms. The summed E-state index contributed by atoms with van der Waals surface area (Å²) in [7, 11) is 0. The molecule has 2 aromatic heterocycles. The van der Waals surface area contributed by atoms with Crippen molar-refractivity contribution in [2.75, 3.05) is 0 Å². The van der Waals surface area contributed by atoms with Crippen molar-refractivity contribution in [2.24, 2.45) is 0 Å². The van der Waals surface area contributed by atoms with E-state index in [2.05, 4.69) is 15.0 Å². The van der Waals surface area contributed by atoms with Crippen molar-refractivity contribution in [3.63, 3.8) is 0 Å². The summed E-state index contributed by atoms with van der Waals surface area (Å²) in [4.78, 5) is 24.7. The number of hydrogen-bond acceptors (Lipinski definition) is 6. The van der Waals surface area contributed by atoms with Crippen LogP contribution in [-0.4, -0.2) is 20.7 Å². The van der Waals surface area contributed by atoms with Crippen LogP contribution >= 0.6 is 22.9 Å². The number of benzene rings is 2. The zero-order valence-corrected chi connectivity index (χ0v) is 14.6. The smallest absolute Gasteiger partial charge is 0.257 e. The van der Waals surface area contributed by atoms with Crippen LogP contribution in [0.4, 0.5) is 4.39 Å². The summed E-state index contributed by atoms with van der Waals surface area (Å²) in [5.41, 5.74) is 1.04. The number of halogens is 2. The first kappa shape index (κ1) is 16.6. The van der Waals surface area contributed by atoms with E-state index in [1.54, 1.807) is 30.3 Å². The van der Waals surface area contributed by atoms with Crippen LogP contribution in [0.2, 0.25) is 5.15 Å². The summed E-state index contributed by atoms with van der Waals surface area (Å²) in [6.07, 6.45) is 2.93. The number of fused-ring (bicyclic) bond motifs is 1. The maximum Gasteiger partial charge on any atom is 0.257 e. The van der Waals surface area contributed by atoms with Gasteiger partial charge in [-0.3, -0.25) is 4.79 Å². The van der Waals surface area contributed by atoms with Crippen LogP contribution in [0.25, 0.3) is 10.2 Å². The fraction of sp³-hybridized carbons (Fsp3) is 0. The van der Waals surface area contributed by atoms with Gasteiger partial charge in [-0.25, -0.2) is 19.3 Å². The normalized spacial score (nSPS) is 10.8.